The van der Waals surface area contributed by atoms with E-state index in [1.165, 1.54) is 42.6 Å². The number of aromatic nitrogens is 2. The van der Waals surface area contributed by atoms with Gasteiger partial charge in [-0.1, -0.05) is 28.1 Å². The number of hydrogen-bond donors (Lipinski definition) is 1. The van der Waals surface area contributed by atoms with Crippen molar-refractivity contribution in [2.24, 2.45) is 5.10 Å². The fourth-order valence-electron chi connectivity index (χ4n) is 4.73. The third kappa shape index (κ3) is 6.72. The van der Waals surface area contributed by atoms with E-state index in [4.69, 9.17) is 13.9 Å². The van der Waals surface area contributed by atoms with E-state index in [9.17, 15) is 24.1 Å². The van der Waals surface area contributed by atoms with Crippen molar-refractivity contribution in [2.75, 3.05) is 18.5 Å². The summed E-state index contributed by atoms with van der Waals surface area (Å²) < 4.78 is 32.3. The average Bonchev–Trinajstić information content (AvgIpc) is 3.48. The average molecular weight is 700 g/mol. The van der Waals surface area contributed by atoms with E-state index >= 15 is 0 Å². The lowest BCUT2D eigenvalue weighted by Crippen LogP contribution is -2.21. The highest BCUT2D eigenvalue weighted by atomic mass is 79.9. The summed E-state index contributed by atoms with van der Waals surface area (Å²) in [6.07, 6.45) is 1.25. The SMILES string of the molecule is CCOc1cc(C=Nn2c(-c3cc4cc(Br)ccc4o3)nc3ccccc3c2=O)cc([N+](=O)[O-])c1OCC(=O)Nc1ccc(F)cc1. The van der Waals surface area contributed by atoms with Crippen LogP contribution in [0.5, 0.6) is 11.5 Å². The second-order valence-electron chi connectivity index (χ2n) is 10.0. The minimum absolute atomic E-state index is 0.0233. The smallest absolute Gasteiger partial charge is 0.315 e. The molecule has 14 heteroatoms. The van der Waals surface area contributed by atoms with Crippen LogP contribution >= 0.6 is 15.9 Å². The van der Waals surface area contributed by atoms with Crippen molar-refractivity contribution in [1.29, 1.82) is 0 Å². The first-order valence-corrected chi connectivity index (χ1v) is 14.9. The molecule has 1 amide bonds. The van der Waals surface area contributed by atoms with Crippen LogP contribution in [0.15, 0.2) is 104 Å². The molecule has 4 aromatic carbocycles. The summed E-state index contributed by atoms with van der Waals surface area (Å²) in [5.74, 6) is -1.01. The van der Waals surface area contributed by atoms with E-state index in [1.807, 2.05) is 12.1 Å². The van der Waals surface area contributed by atoms with Gasteiger partial charge in [-0.3, -0.25) is 19.7 Å². The molecule has 6 rings (SSSR count). The number of hydrogen-bond acceptors (Lipinski definition) is 9. The molecule has 0 saturated carbocycles. The number of carbonyl (C=O) groups excluding carboxylic acids is 1. The Morgan fingerprint density at radius 3 is 2.66 bits per heavy atom. The van der Waals surface area contributed by atoms with E-state index in [0.29, 0.717) is 22.2 Å². The van der Waals surface area contributed by atoms with Crippen LogP contribution in [0.2, 0.25) is 0 Å². The van der Waals surface area contributed by atoms with Crippen molar-refractivity contribution in [2.45, 2.75) is 6.92 Å². The Morgan fingerprint density at radius 1 is 1.11 bits per heavy atom. The number of furan rings is 1. The summed E-state index contributed by atoms with van der Waals surface area (Å²) in [5.41, 5.74) is 0.524. The van der Waals surface area contributed by atoms with E-state index in [-0.39, 0.29) is 35.3 Å². The van der Waals surface area contributed by atoms with Gasteiger partial charge in [0.2, 0.25) is 11.6 Å². The Kier molecular flexibility index (Phi) is 8.75. The summed E-state index contributed by atoms with van der Waals surface area (Å²) in [6, 6.07) is 21.7. The van der Waals surface area contributed by atoms with Crippen LogP contribution < -0.4 is 20.3 Å². The number of fused-ring (bicyclic) bond motifs is 2. The van der Waals surface area contributed by atoms with Gasteiger partial charge >= 0.3 is 5.69 Å². The molecule has 0 atom stereocenters. The Labute approximate surface area is 273 Å². The summed E-state index contributed by atoms with van der Waals surface area (Å²) in [7, 11) is 0. The van der Waals surface area contributed by atoms with E-state index in [2.05, 4.69) is 31.3 Å². The van der Waals surface area contributed by atoms with E-state index < -0.39 is 34.5 Å². The van der Waals surface area contributed by atoms with Gasteiger partial charge in [0.1, 0.15) is 11.4 Å². The monoisotopic (exact) mass is 699 g/mol. The number of rotatable bonds is 10. The molecule has 47 heavy (non-hydrogen) atoms. The second kappa shape index (κ2) is 13.2. The number of nitro groups is 1. The molecule has 0 bridgehead atoms. The number of benzene rings is 4. The Hall–Kier alpha value is -5.89. The highest BCUT2D eigenvalue weighted by molar-refractivity contribution is 9.10. The Bertz CT molecular complexity index is 2250. The topological polar surface area (TPSA) is 151 Å². The molecule has 236 valence electrons. The molecule has 0 radical (unpaired) electrons. The van der Waals surface area contributed by atoms with Gasteiger partial charge < -0.3 is 19.2 Å². The van der Waals surface area contributed by atoms with Crippen molar-refractivity contribution < 1.29 is 28.0 Å². The van der Waals surface area contributed by atoms with Gasteiger partial charge in [-0.15, -0.1) is 0 Å². The lowest BCUT2D eigenvalue weighted by Gasteiger charge is -2.13. The number of anilines is 1. The summed E-state index contributed by atoms with van der Waals surface area (Å²) in [6.45, 7) is 1.20. The van der Waals surface area contributed by atoms with Crippen LogP contribution in [0.4, 0.5) is 15.8 Å². The molecule has 0 unspecified atom stereocenters. The van der Waals surface area contributed by atoms with Crippen molar-refractivity contribution >= 4 is 61.3 Å². The number of nitrogens with one attached hydrogen (secondary N) is 1. The third-order valence-corrected chi connectivity index (χ3v) is 7.30. The lowest BCUT2D eigenvalue weighted by atomic mass is 10.2. The van der Waals surface area contributed by atoms with Gasteiger partial charge in [-0.2, -0.15) is 9.78 Å². The zero-order valence-corrected chi connectivity index (χ0v) is 26.1. The Balaban J connectivity index is 1.37. The van der Waals surface area contributed by atoms with Gasteiger partial charge in [-0.25, -0.2) is 9.37 Å². The molecular formula is C33H23BrFN5O7. The first kappa shape index (κ1) is 31.1. The number of para-hydroxylation sites is 1. The van der Waals surface area contributed by atoms with E-state index in [0.717, 1.165) is 14.5 Å². The van der Waals surface area contributed by atoms with E-state index in [1.54, 1.807) is 43.3 Å². The fourth-order valence-corrected chi connectivity index (χ4v) is 5.11. The van der Waals surface area contributed by atoms with Gasteiger partial charge in [0.25, 0.3) is 11.5 Å². The van der Waals surface area contributed by atoms with Gasteiger partial charge in [-0.05, 0) is 73.7 Å². The predicted octanol–water partition coefficient (Wildman–Crippen LogP) is 6.92. The number of halogens is 2. The van der Waals surface area contributed by atoms with Gasteiger partial charge in [0.15, 0.2) is 18.1 Å². The van der Waals surface area contributed by atoms with Crippen LogP contribution in [0.3, 0.4) is 0 Å². The molecule has 6 aromatic rings. The summed E-state index contributed by atoms with van der Waals surface area (Å²) in [4.78, 5) is 42.2. The first-order valence-electron chi connectivity index (χ1n) is 14.1. The van der Waals surface area contributed by atoms with Gasteiger partial charge in [0.05, 0.1) is 28.6 Å². The molecule has 0 aliphatic carbocycles. The molecule has 0 aliphatic rings. The largest absolute Gasteiger partial charge is 0.490 e. The molecule has 0 fully saturated rings. The number of ether oxygens (including phenoxy) is 2. The summed E-state index contributed by atoms with van der Waals surface area (Å²) in [5, 5.41) is 20.1. The number of amides is 1. The fraction of sp³-hybridized carbons (Fsp3) is 0.0909. The molecule has 12 nitrogen and oxygen atoms in total. The number of nitrogens with zero attached hydrogens (tertiary/aromatic N) is 4. The molecular weight excluding hydrogens is 677 g/mol. The maximum absolute atomic E-state index is 13.7. The zero-order valence-electron chi connectivity index (χ0n) is 24.5. The van der Waals surface area contributed by atoms with Crippen LogP contribution in [0, 0.1) is 15.9 Å². The number of carbonyl (C=O) groups is 1. The minimum atomic E-state index is -0.686. The quantitative estimate of drug-likeness (QED) is 0.0919. The lowest BCUT2D eigenvalue weighted by molar-refractivity contribution is -0.385. The normalized spacial score (nSPS) is 11.3. The third-order valence-electron chi connectivity index (χ3n) is 6.80. The second-order valence-corrected chi connectivity index (χ2v) is 10.9. The maximum atomic E-state index is 13.7. The van der Waals surface area contributed by atoms with Crippen LogP contribution in [0.1, 0.15) is 12.5 Å². The van der Waals surface area contributed by atoms with Crippen LogP contribution in [-0.4, -0.2) is 39.9 Å². The standard InChI is InChI=1S/C33H23BrFN5O7/c1-2-45-28-14-19(13-26(40(43)44)31(28)46-18-30(41)37-23-10-8-22(35)9-11-23)17-36-39-32(38-25-6-4-3-5-24(25)33(39)42)29-16-20-15-21(34)7-12-27(20)47-29/h3-17H,2,18H2,1H3,(H,37,41). The molecule has 0 aliphatic heterocycles. The van der Waals surface area contributed by atoms with Crippen molar-refractivity contribution in [3.63, 3.8) is 0 Å². The molecule has 1 N–H and O–H groups in total. The highest BCUT2D eigenvalue weighted by Gasteiger charge is 2.24. The maximum Gasteiger partial charge on any atom is 0.315 e. The van der Waals surface area contributed by atoms with Gasteiger partial charge in [0, 0.05) is 27.2 Å². The zero-order chi connectivity index (χ0) is 33.1. The Morgan fingerprint density at radius 2 is 1.89 bits per heavy atom. The summed E-state index contributed by atoms with van der Waals surface area (Å²) >= 11 is 3.44. The predicted molar refractivity (Wildman–Crippen MR) is 177 cm³/mol. The van der Waals surface area contributed by atoms with Crippen molar-refractivity contribution in [3.05, 3.63) is 121 Å². The molecule has 0 spiro atoms. The molecule has 2 heterocycles. The minimum Gasteiger partial charge on any atom is -0.490 e. The van der Waals surface area contributed by atoms with Crippen molar-refractivity contribution in [3.8, 4) is 23.1 Å². The van der Waals surface area contributed by atoms with Crippen LogP contribution in [0.25, 0.3) is 33.5 Å². The first-order chi connectivity index (χ1) is 22.7. The number of nitro benzene ring substituents is 1. The molecule has 0 saturated heterocycles. The highest BCUT2D eigenvalue weighted by Crippen LogP contribution is 2.38. The van der Waals surface area contributed by atoms with Crippen molar-refractivity contribution in [1.82, 2.24) is 9.66 Å². The molecule has 2 aromatic heterocycles. The van der Waals surface area contributed by atoms with Crippen LogP contribution in [-0.2, 0) is 4.79 Å².